The molecule has 2 aromatic rings. The highest BCUT2D eigenvalue weighted by Crippen LogP contribution is 2.34. The summed E-state index contributed by atoms with van der Waals surface area (Å²) in [6.45, 7) is 8.66. The monoisotopic (exact) mass is 525 g/mol. The van der Waals surface area contributed by atoms with Crippen molar-refractivity contribution in [1.82, 2.24) is 19.9 Å². The average molecular weight is 526 g/mol. The molecular formula is C23H35N5O7S. The number of hydrogen-bond acceptors (Lipinski definition) is 11. The van der Waals surface area contributed by atoms with Gasteiger partial charge in [0.15, 0.2) is 6.23 Å². The van der Waals surface area contributed by atoms with Gasteiger partial charge in [-0.2, -0.15) is 11.8 Å². The zero-order valence-electron chi connectivity index (χ0n) is 21.1. The third-order valence-electron chi connectivity index (χ3n) is 5.31. The van der Waals surface area contributed by atoms with Gasteiger partial charge in [-0.3, -0.25) is 0 Å². The number of anilines is 1. The van der Waals surface area contributed by atoms with Crippen molar-refractivity contribution in [3.05, 3.63) is 18.6 Å². The number of aliphatic hydroxyl groups excluding tert-OH is 2. The summed E-state index contributed by atoms with van der Waals surface area (Å²) >= 11 is 1.42. The molecule has 5 atom stereocenters. The second-order valence-electron chi connectivity index (χ2n) is 9.81. The Morgan fingerprint density at radius 3 is 2.67 bits per heavy atom. The summed E-state index contributed by atoms with van der Waals surface area (Å²) in [4.78, 5) is 32.8. The van der Waals surface area contributed by atoms with Crippen molar-refractivity contribution in [2.75, 3.05) is 17.2 Å². The van der Waals surface area contributed by atoms with Crippen LogP contribution in [0.4, 0.5) is 10.6 Å². The fourth-order valence-electron chi connectivity index (χ4n) is 3.71. The Morgan fingerprint density at radius 2 is 2.00 bits per heavy atom. The molecule has 3 heterocycles. The van der Waals surface area contributed by atoms with Crippen LogP contribution in [0, 0.1) is 0 Å². The molecule has 0 bridgehead atoms. The fourth-order valence-corrected chi connectivity index (χ4v) is 4.78. The number of fused-ring (bicyclic) bond motifs is 1. The number of nitrogens with two attached hydrogens (primary N) is 1. The number of alkyl carbamates (subject to hydrolysis) is 1. The van der Waals surface area contributed by atoms with Crippen LogP contribution in [-0.2, 0) is 19.0 Å². The molecule has 13 heteroatoms. The van der Waals surface area contributed by atoms with E-state index in [0.29, 0.717) is 28.4 Å². The van der Waals surface area contributed by atoms with Crippen molar-refractivity contribution < 1.29 is 34.0 Å². The summed E-state index contributed by atoms with van der Waals surface area (Å²) in [7, 11) is 0. The number of carbonyl (C=O) groups is 2. The van der Waals surface area contributed by atoms with Gasteiger partial charge in [0.05, 0.1) is 17.6 Å². The lowest BCUT2D eigenvalue weighted by Crippen LogP contribution is -2.45. The van der Waals surface area contributed by atoms with Crippen LogP contribution >= 0.6 is 11.8 Å². The summed E-state index contributed by atoms with van der Waals surface area (Å²) in [5, 5.41) is 24.4. The van der Waals surface area contributed by atoms with Gasteiger partial charge < -0.3 is 40.0 Å². The molecule has 12 nitrogen and oxygen atoms in total. The van der Waals surface area contributed by atoms with E-state index in [9.17, 15) is 19.8 Å². The first-order valence-electron chi connectivity index (χ1n) is 11.7. The van der Waals surface area contributed by atoms with Crippen molar-refractivity contribution in [1.29, 1.82) is 0 Å². The highest BCUT2D eigenvalue weighted by molar-refractivity contribution is 7.99. The van der Waals surface area contributed by atoms with Crippen LogP contribution < -0.4 is 11.1 Å². The Bertz CT molecular complexity index is 1060. The third kappa shape index (κ3) is 6.99. The van der Waals surface area contributed by atoms with Gasteiger partial charge in [-0.05, 0) is 52.9 Å². The summed E-state index contributed by atoms with van der Waals surface area (Å²) in [5.74, 6) is 0.565. The van der Waals surface area contributed by atoms with Gasteiger partial charge in [0, 0.05) is 11.9 Å². The highest BCUT2D eigenvalue weighted by Gasteiger charge is 2.44. The van der Waals surface area contributed by atoms with Crippen LogP contribution in [0.25, 0.3) is 11.0 Å². The van der Waals surface area contributed by atoms with Crippen molar-refractivity contribution in [2.45, 2.75) is 83.3 Å². The SMILES string of the molecule is CC(C)OC(=O)[C@H](CCSC[C@H]1O[C@@H](n2ccc3c(N)ncnc32)[C@H](O)[C@@H]1O)NC(=O)OC(C)(C)C. The minimum absolute atomic E-state index is 0.280. The van der Waals surface area contributed by atoms with E-state index in [2.05, 4.69) is 15.3 Å². The smallest absolute Gasteiger partial charge is 0.408 e. The number of aliphatic hydroxyl groups is 2. The highest BCUT2D eigenvalue weighted by atomic mass is 32.2. The third-order valence-corrected chi connectivity index (χ3v) is 6.40. The molecule has 5 N–H and O–H groups in total. The zero-order chi connectivity index (χ0) is 26.6. The zero-order valence-corrected chi connectivity index (χ0v) is 21.9. The average Bonchev–Trinajstić information content (AvgIpc) is 3.31. The van der Waals surface area contributed by atoms with Gasteiger partial charge in [-0.25, -0.2) is 19.6 Å². The predicted octanol–water partition coefficient (Wildman–Crippen LogP) is 1.60. The van der Waals surface area contributed by atoms with E-state index < -0.39 is 48.2 Å². The van der Waals surface area contributed by atoms with Crippen molar-refractivity contribution in [3.63, 3.8) is 0 Å². The van der Waals surface area contributed by atoms with E-state index in [4.69, 9.17) is 19.9 Å². The van der Waals surface area contributed by atoms with Crippen LogP contribution in [-0.4, -0.2) is 84.4 Å². The second-order valence-corrected chi connectivity index (χ2v) is 11.0. The van der Waals surface area contributed by atoms with Crippen LogP contribution in [0.1, 0.15) is 47.3 Å². The molecule has 3 rings (SSSR count). The number of ether oxygens (including phenoxy) is 3. The minimum atomic E-state index is -1.18. The van der Waals surface area contributed by atoms with E-state index in [1.807, 2.05) is 0 Å². The number of thioether (sulfide) groups is 1. The molecule has 1 aliphatic heterocycles. The molecule has 1 aliphatic rings. The van der Waals surface area contributed by atoms with Crippen LogP contribution in [0.15, 0.2) is 18.6 Å². The summed E-state index contributed by atoms with van der Waals surface area (Å²) < 4.78 is 18.1. The number of rotatable bonds is 9. The lowest BCUT2D eigenvalue weighted by Gasteiger charge is -2.23. The molecule has 1 amide bonds. The first-order chi connectivity index (χ1) is 16.9. The molecule has 1 fully saturated rings. The fraction of sp³-hybridized carbons (Fsp3) is 0.652. The Kier molecular flexibility index (Phi) is 9.03. The molecule has 0 radical (unpaired) electrons. The number of amides is 1. The van der Waals surface area contributed by atoms with Gasteiger partial charge in [-0.1, -0.05) is 0 Å². The lowest BCUT2D eigenvalue weighted by atomic mass is 10.1. The van der Waals surface area contributed by atoms with E-state index in [0.717, 1.165) is 0 Å². The van der Waals surface area contributed by atoms with Gasteiger partial charge in [0.25, 0.3) is 0 Å². The number of nitrogens with zero attached hydrogens (tertiary/aromatic N) is 3. The molecule has 200 valence electrons. The van der Waals surface area contributed by atoms with E-state index >= 15 is 0 Å². The van der Waals surface area contributed by atoms with Gasteiger partial charge in [-0.15, -0.1) is 0 Å². The number of nitrogens with one attached hydrogen (secondary N) is 1. The first kappa shape index (κ1) is 28.0. The van der Waals surface area contributed by atoms with E-state index in [-0.39, 0.29) is 12.5 Å². The summed E-state index contributed by atoms with van der Waals surface area (Å²) in [6, 6.07) is 0.836. The standard InChI is InChI=1S/C23H35N5O7S/c1-12(2)33-21(31)14(27-22(32)35-23(3,4)5)7-9-36-10-15-16(29)17(30)20(34-15)28-8-6-13-18(24)25-11-26-19(13)28/h6,8,11-12,14-17,20,29-30H,7,9-10H2,1-5H3,(H,27,32)(H2,24,25,26)/t14-,15+,16+,17+,20+/m0/s1. The second kappa shape index (κ2) is 11.6. The Hall–Kier alpha value is -2.61. The molecule has 0 aromatic carbocycles. The Labute approximate surface area is 213 Å². The quantitative estimate of drug-likeness (QED) is 0.277. The van der Waals surface area contributed by atoms with E-state index in [1.54, 1.807) is 51.4 Å². The molecule has 0 unspecified atom stereocenters. The van der Waals surface area contributed by atoms with Crippen molar-refractivity contribution >= 4 is 40.7 Å². The lowest BCUT2D eigenvalue weighted by molar-refractivity contribution is -0.150. The maximum atomic E-state index is 12.5. The number of esters is 1. The molecular weight excluding hydrogens is 490 g/mol. The minimum Gasteiger partial charge on any atom is -0.461 e. The molecule has 0 spiro atoms. The number of hydrogen-bond donors (Lipinski definition) is 4. The number of carbonyl (C=O) groups excluding carboxylic acids is 2. The van der Waals surface area contributed by atoms with Crippen LogP contribution in [0.5, 0.6) is 0 Å². The molecule has 0 aliphatic carbocycles. The van der Waals surface area contributed by atoms with E-state index in [1.165, 1.54) is 18.1 Å². The molecule has 36 heavy (non-hydrogen) atoms. The Balaban J connectivity index is 1.57. The largest absolute Gasteiger partial charge is 0.461 e. The molecule has 0 saturated carbocycles. The summed E-state index contributed by atoms with van der Waals surface area (Å²) in [5.41, 5.74) is 5.67. The molecule has 2 aromatic heterocycles. The maximum Gasteiger partial charge on any atom is 0.408 e. The van der Waals surface area contributed by atoms with Gasteiger partial charge in [0.2, 0.25) is 0 Å². The maximum absolute atomic E-state index is 12.5. The van der Waals surface area contributed by atoms with Crippen molar-refractivity contribution in [3.8, 4) is 0 Å². The first-order valence-corrected chi connectivity index (χ1v) is 12.9. The molecule has 1 saturated heterocycles. The van der Waals surface area contributed by atoms with Crippen molar-refractivity contribution in [2.24, 2.45) is 0 Å². The van der Waals surface area contributed by atoms with Crippen LogP contribution in [0.3, 0.4) is 0 Å². The number of aromatic nitrogens is 3. The van der Waals surface area contributed by atoms with Gasteiger partial charge in [0.1, 0.15) is 41.6 Å². The topological polar surface area (TPSA) is 171 Å². The van der Waals surface area contributed by atoms with Gasteiger partial charge >= 0.3 is 12.1 Å². The normalized spacial score (nSPS) is 23.1. The predicted molar refractivity (Wildman–Crippen MR) is 134 cm³/mol. The Morgan fingerprint density at radius 1 is 1.28 bits per heavy atom. The summed E-state index contributed by atoms with van der Waals surface area (Å²) in [6.07, 6.45) is -1.56. The van der Waals surface area contributed by atoms with Crippen LogP contribution in [0.2, 0.25) is 0 Å². The number of nitrogen functional groups attached to an aromatic ring is 1.